The molecule has 0 saturated heterocycles. The van der Waals surface area contributed by atoms with Crippen LogP contribution in [0.15, 0.2) is 67.0 Å². The lowest BCUT2D eigenvalue weighted by Crippen LogP contribution is -2.08. The largest absolute Gasteiger partial charge is 0.370 e. The summed E-state index contributed by atoms with van der Waals surface area (Å²) in [7, 11) is 0. The molecule has 0 saturated carbocycles. The van der Waals surface area contributed by atoms with Crippen LogP contribution in [-0.2, 0) is 6.42 Å². The molecule has 30 heavy (non-hydrogen) atoms. The third kappa shape index (κ3) is 5.51. The third-order valence-electron chi connectivity index (χ3n) is 4.40. The van der Waals surface area contributed by atoms with Crippen LogP contribution in [0.25, 0.3) is 12.2 Å². The van der Waals surface area contributed by atoms with Crippen LogP contribution in [0.4, 0.5) is 17.5 Å². The van der Waals surface area contributed by atoms with Crippen molar-refractivity contribution in [3.8, 4) is 0 Å². The highest BCUT2D eigenvalue weighted by molar-refractivity contribution is 5.68. The molecule has 0 fully saturated rings. The van der Waals surface area contributed by atoms with Gasteiger partial charge in [-0.3, -0.25) is 10.1 Å². The van der Waals surface area contributed by atoms with E-state index in [0.717, 1.165) is 30.0 Å². The van der Waals surface area contributed by atoms with E-state index in [1.165, 1.54) is 5.56 Å². The summed E-state index contributed by atoms with van der Waals surface area (Å²) in [6.45, 7) is 2.71. The van der Waals surface area contributed by atoms with Crippen molar-refractivity contribution >= 4 is 29.6 Å². The van der Waals surface area contributed by atoms with Gasteiger partial charge < -0.3 is 10.6 Å². The molecule has 0 aliphatic carbocycles. The van der Waals surface area contributed by atoms with Crippen molar-refractivity contribution in [1.29, 1.82) is 0 Å². The van der Waals surface area contributed by atoms with Gasteiger partial charge in [-0.1, -0.05) is 36.4 Å². The lowest BCUT2D eigenvalue weighted by Gasteiger charge is -2.09. The van der Waals surface area contributed by atoms with E-state index in [1.54, 1.807) is 12.4 Å². The Morgan fingerprint density at radius 2 is 1.70 bits per heavy atom. The van der Waals surface area contributed by atoms with Crippen molar-refractivity contribution in [2.75, 3.05) is 17.2 Å². The molecule has 7 nitrogen and oxygen atoms in total. The smallest absolute Gasteiger partial charge is 0.156 e. The van der Waals surface area contributed by atoms with Crippen molar-refractivity contribution < 1.29 is 0 Å². The Kier molecular flexibility index (Phi) is 6.10. The normalized spacial score (nSPS) is 11.0. The maximum absolute atomic E-state index is 4.64. The van der Waals surface area contributed by atoms with Crippen LogP contribution in [0.3, 0.4) is 0 Å². The van der Waals surface area contributed by atoms with Gasteiger partial charge in [-0.05, 0) is 42.7 Å². The number of benzene rings is 1. The number of aromatic amines is 1. The number of hydrogen-bond acceptors (Lipinski definition) is 6. The molecule has 0 amide bonds. The van der Waals surface area contributed by atoms with Crippen LogP contribution in [0.2, 0.25) is 0 Å². The van der Waals surface area contributed by atoms with E-state index in [9.17, 15) is 0 Å². The van der Waals surface area contributed by atoms with E-state index in [4.69, 9.17) is 0 Å². The second-order valence-electron chi connectivity index (χ2n) is 6.83. The zero-order chi connectivity index (χ0) is 20.6. The molecule has 1 aromatic carbocycles. The summed E-state index contributed by atoms with van der Waals surface area (Å²) in [6.07, 6.45) is 8.40. The average Bonchev–Trinajstić information content (AvgIpc) is 3.18. The topological polar surface area (TPSA) is 91.4 Å². The van der Waals surface area contributed by atoms with Crippen LogP contribution in [0.5, 0.6) is 0 Å². The zero-order valence-corrected chi connectivity index (χ0v) is 16.7. The predicted octanol–water partition coefficient (Wildman–Crippen LogP) is 4.47. The number of anilines is 3. The Hall–Kier alpha value is -4.00. The Labute approximate surface area is 175 Å². The van der Waals surface area contributed by atoms with Gasteiger partial charge in [0.15, 0.2) is 11.6 Å². The van der Waals surface area contributed by atoms with E-state index in [0.29, 0.717) is 17.5 Å². The fraction of sp³-hybridized carbons (Fsp3) is 0.130. The molecule has 150 valence electrons. The number of aromatic nitrogens is 5. The van der Waals surface area contributed by atoms with Crippen molar-refractivity contribution in [3.05, 3.63) is 89.6 Å². The Bertz CT molecular complexity index is 1100. The molecule has 0 radical (unpaired) electrons. The highest BCUT2D eigenvalue weighted by Gasteiger charge is 2.06. The van der Waals surface area contributed by atoms with E-state index in [-0.39, 0.29) is 0 Å². The molecule has 0 aliphatic rings. The molecule has 3 aromatic heterocycles. The molecule has 0 aliphatic heterocycles. The quantitative estimate of drug-likeness (QED) is 0.406. The fourth-order valence-corrected chi connectivity index (χ4v) is 2.93. The van der Waals surface area contributed by atoms with E-state index in [2.05, 4.69) is 35.8 Å². The average molecular weight is 397 g/mol. The standard InChI is InChI=1S/C23H23N7/c1-17-15-23(30-29-17)28-22-16-21(25-14-11-19-9-12-24-13-10-19)26-20(27-22)8-7-18-5-3-2-4-6-18/h2-10,12-13,15-16H,11,14H2,1H3,(H3,25,26,27,28,29,30). The predicted molar refractivity (Wildman–Crippen MR) is 120 cm³/mol. The SMILES string of the molecule is Cc1cc(Nc2cc(NCCc3ccncc3)nc(C=Cc3ccccc3)n2)n[nH]1. The van der Waals surface area contributed by atoms with Crippen LogP contribution < -0.4 is 10.6 Å². The van der Waals surface area contributed by atoms with Crippen LogP contribution >= 0.6 is 0 Å². The van der Waals surface area contributed by atoms with Gasteiger partial charge >= 0.3 is 0 Å². The van der Waals surface area contributed by atoms with E-state index < -0.39 is 0 Å². The number of H-pyrrole nitrogens is 1. The summed E-state index contributed by atoms with van der Waals surface area (Å²) in [6, 6.07) is 17.9. The fourth-order valence-electron chi connectivity index (χ4n) is 2.93. The number of aryl methyl sites for hydroxylation is 1. The monoisotopic (exact) mass is 397 g/mol. The molecular formula is C23H23N7. The third-order valence-corrected chi connectivity index (χ3v) is 4.40. The molecule has 0 unspecified atom stereocenters. The first kappa shape index (κ1) is 19.3. The van der Waals surface area contributed by atoms with Gasteiger partial charge in [-0.15, -0.1) is 0 Å². The summed E-state index contributed by atoms with van der Waals surface area (Å²) in [5.41, 5.74) is 3.29. The lowest BCUT2D eigenvalue weighted by molar-refractivity contribution is 0.991. The highest BCUT2D eigenvalue weighted by Crippen LogP contribution is 2.18. The van der Waals surface area contributed by atoms with Gasteiger partial charge in [0.2, 0.25) is 0 Å². The Balaban J connectivity index is 1.52. The van der Waals surface area contributed by atoms with Crippen molar-refractivity contribution in [1.82, 2.24) is 25.1 Å². The van der Waals surface area contributed by atoms with E-state index >= 15 is 0 Å². The van der Waals surface area contributed by atoms with Gasteiger partial charge in [-0.25, -0.2) is 9.97 Å². The molecule has 3 N–H and O–H groups in total. The summed E-state index contributed by atoms with van der Waals surface area (Å²) in [5.74, 6) is 2.76. The maximum Gasteiger partial charge on any atom is 0.156 e. The summed E-state index contributed by atoms with van der Waals surface area (Å²) < 4.78 is 0. The zero-order valence-electron chi connectivity index (χ0n) is 16.7. The lowest BCUT2D eigenvalue weighted by atomic mass is 10.2. The van der Waals surface area contributed by atoms with Crippen molar-refractivity contribution in [3.63, 3.8) is 0 Å². The number of nitrogens with zero attached hydrogens (tertiary/aromatic N) is 4. The number of nitrogens with one attached hydrogen (secondary N) is 3. The molecular weight excluding hydrogens is 374 g/mol. The van der Waals surface area contributed by atoms with Crippen LogP contribution in [0, 0.1) is 6.92 Å². The Morgan fingerprint density at radius 1 is 0.900 bits per heavy atom. The minimum Gasteiger partial charge on any atom is -0.370 e. The van der Waals surface area contributed by atoms with Gasteiger partial charge in [0.25, 0.3) is 0 Å². The first-order valence-corrected chi connectivity index (χ1v) is 9.79. The van der Waals surface area contributed by atoms with Crippen molar-refractivity contribution in [2.45, 2.75) is 13.3 Å². The number of rotatable bonds is 8. The van der Waals surface area contributed by atoms with Gasteiger partial charge in [0.05, 0.1) is 0 Å². The van der Waals surface area contributed by atoms with Gasteiger partial charge in [-0.2, -0.15) is 5.10 Å². The molecule has 0 bridgehead atoms. The Morgan fingerprint density at radius 3 is 2.47 bits per heavy atom. The first-order chi connectivity index (χ1) is 14.7. The first-order valence-electron chi connectivity index (χ1n) is 9.79. The molecule has 7 heteroatoms. The van der Waals surface area contributed by atoms with E-state index in [1.807, 2.05) is 73.7 Å². The minimum absolute atomic E-state index is 0.613. The second-order valence-corrected chi connectivity index (χ2v) is 6.83. The summed E-state index contributed by atoms with van der Waals surface area (Å²) in [4.78, 5) is 13.3. The van der Waals surface area contributed by atoms with Crippen LogP contribution in [-0.4, -0.2) is 31.7 Å². The molecule has 0 atom stereocenters. The summed E-state index contributed by atoms with van der Waals surface area (Å²) in [5, 5.41) is 13.8. The number of pyridine rings is 1. The molecule has 4 aromatic rings. The van der Waals surface area contributed by atoms with Crippen molar-refractivity contribution in [2.24, 2.45) is 0 Å². The highest BCUT2D eigenvalue weighted by atomic mass is 15.2. The second kappa shape index (κ2) is 9.47. The molecule has 4 rings (SSSR count). The number of hydrogen-bond donors (Lipinski definition) is 3. The maximum atomic E-state index is 4.64. The summed E-state index contributed by atoms with van der Waals surface area (Å²) >= 11 is 0. The van der Waals surface area contributed by atoms with Crippen LogP contribution in [0.1, 0.15) is 22.6 Å². The minimum atomic E-state index is 0.613. The molecule has 3 heterocycles. The molecule has 0 spiro atoms. The van der Waals surface area contributed by atoms with Gasteiger partial charge in [0.1, 0.15) is 11.6 Å². The van der Waals surface area contributed by atoms with Gasteiger partial charge in [0, 0.05) is 36.8 Å².